The molecule has 0 rings (SSSR count). The van der Waals surface area contributed by atoms with Crippen LogP contribution in [0.5, 0.6) is 0 Å². The molecule has 0 aliphatic heterocycles. The third-order valence-corrected chi connectivity index (χ3v) is 4.41. The molecule has 0 aromatic carbocycles. The number of nitrogens with one attached hydrogen (secondary N) is 1. The van der Waals surface area contributed by atoms with Gasteiger partial charge in [0.05, 0.1) is 30.1 Å². The van der Waals surface area contributed by atoms with Gasteiger partial charge in [0, 0.05) is 18.4 Å². The monoisotopic (exact) mass is 648 g/mol. The van der Waals surface area contributed by atoms with E-state index in [1.165, 1.54) is 6.92 Å². The molecule has 4 atom stereocenters. The second-order valence-corrected chi connectivity index (χ2v) is 7.19. The van der Waals surface area contributed by atoms with Crippen LogP contribution in [0.2, 0.25) is 0 Å². The molecule has 0 aliphatic rings. The van der Waals surface area contributed by atoms with Gasteiger partial charge in [-0.1, -0.05) is 0 Å². The van der Waals surface area contributed by atoms with E-state index in [-0.39, 0.29) is 83.8 Å². The number of ether oxygens (including phenoxy) is 1. The number of carboxylic acids is 3. The molecule has 1 amide bonds. The first kappa shape index (κ1) is 52.6. The zero-order chi connectivity index (χ0) is 27.1. The molecule has 0 bridgehead atoms. The summed E-state index contributed by atoms with van der Waals surface area (Å²) >= 11 is 14.9. The molecular formula is C16H35Cl2N4NaO9S4. The summed E-state index contributed by atoms with van der Waals surface area (Å²) in [5.74, 6) is -2.87. The Balaban J connectivity index is -0.0000000613. The molecule has 36 heavy (non-hydrogen) atoms. The first-order valence-corrected chi connectivity index (χ1v) is 11.6. The van der Waals surface area contributed by atoms with Gasteiger partial charge in [0.15, 0.2) is 12.1 Å². The molecule has 0 aromatic heterocycles. The minimum absolute atomic E-state index is 0. The molecule has 0 radical (unpaired) electrons. The van der Waals surface area contributed by atoms with E-state index in [0.29, 0.717) is 18.1 Å². The van der Waals surface area contributed by atoms with Crippen molar-refractivity contribution in [2.45, 2.75) is 38.0 Å². The van der Waals surface area contributed by atoms with Gasteiger partial charge < -0.3 is 72.2 Å². The molecule has 0 aromatic rings. The Hall–Kier alpha value is 0.210. The number of aliphatic carboxylic acids is 3. The Morgan fingerprint density at radius 2 is 1.33 bits per heavy atom. The van der Waals surface area contributed by atoms with Crippen LogP contribution in [0.4, 0.5) is 0 Å². The van der Waals surface area contributed by atoms with Crippen LogP contribution in [0, 0.1) is 0 Å². The summed E-state index contributed by atoms with van der Waals surface area (Å²) in [6.07, 6.45) is 0. The number of esters is 1. The molecule has 13 nitrogen and oxygen atoms in total. The van der Waals surface area contributed by atoms with Crippen molar-refractivity contribution in [3.05, 3.63) is 0 Å². The number of carbonyl (C=O) groups is 5. The number of rotatable bonds is 10. The number of hydrogen-bond acceptors (Lipinski definition) is 12. The minimum Gasteiger partial charge on any atom is -1.00 e. The van der Waals surface area contributed by atoms with Crippen molar-refractivity contribution in [1.29, 1.82) is 0 Å². The summed E-state index contributed by atoms with van der Waals surface area (Å²) in [4.78, 5) is 50.6. The normalized spacial score (nSPS) is 11.8. The van der Waals surface area contributed by atoms with E-state index in [0.717, 1.165) is 0 Å². The number of thiol groups is 4. The van der Waals surface area contributed by atoms with Crippen molar-refractivity contribution < 1.29 is 110 Å². The van der Waals surface area contributed by atoms with Crippen LogP contribution in [0.15, 0.2) is 0 Å². The summed E-state index contributed by atoms with van der Waals surface area (Å²) in [6, 6.07) is -2.69. The van der Waals surface area contributed by atoms with Crippen LogP contribution in [-0.4, -0.2) is 93.8 Å². The van der Waals surface area contributed by atoms with E-state index in [1.807, 2.05) is 0 Å². The fourth-order valence-corrected chi connectivity index (χ4v) is 1.62. The fraction of sp³-hybridized carbons (Fsp3) is 0.688. The van der Waals surface area contributed by atoms with Crippen molar-refractivity contribution >= 4 is 80.3 Å². The first-order valence-electron chi connectivity index (χ1n) is 9.11. The van der Waals surface area contributed by atoms with Gasteiger partial charge in [0.25, 0.3) is 0 Å². The molecule has 0 saturated carbocycles. The number of carbonyl (C=O) groups excluding carboxylic acids is 3. The molecule has 4 unspecified atom stereocenters. The molecule has 0 spiro atoms. The maximum absolute atomic E-state index is 10.6. The smallest absolute Gasteiger partial charge is 1.00 e. The number of nitrogens with two attached hydrogens (primary N) is 1. The molecule has 0 aliphatic carbocycles. The van der Waals surface area contributed by atoms with E-state index in [2.05, 4.69) is 72.0 Å². The topological polar surface area (TPSA) is 251 Å². The van der Waals surface area contributed by atoms with Crippen LogP contribution in [0.3, 0.4) is 0 Å². The van der Waals surface area contributed by atoms with Crippen LogP contribution in [0.25, 0.3) is 0 Å². The average Bonchev–Trinajstić information content (AvgIpc) is 2.76. The Morgan fingerprint density at radius 1 is 0.917 bits per heavy atom. The predicted molar refractivity (Wildman–Crippen MR) is 131 cm³/mol. The quantitative estimate of drug-likeness (QED) is 0.0608. The molecule has 11 N–H and O–H groups in total. The fourth-order valence-electron chi connectivity index (χ4n) is 0.918. The Labute approximate surface area is 266 Å². The SMILES string of the molecule is CC(=O)NC(CS)C(=O)O.CCOC(=O)C([NH3+])CS.NC(CS)C(=O)[O-].[Cl-].[Cl-].[NH3+]C(CS)C(=O)O.[Na+]. The van der Waals surface area contributed by atoms with Gasteiger partial charge in [-0.2, -0.15) is 50.5 Å². The number of halogens is 2. The maximum atomic E-state index is 10.6. The first-order chi connectivity index (χ1) is 15.2. The van der Waals surface area contributed by atoms with E-state index < -0.39 is 36.0 Å². The number of amides is 1. The van der Waals surface area contributed by atoms with Gasteiger partial charge in [-0.25, -0.2) is 14.4 Å². The van der Waals surface area contributed by atoms with Gasteiger partial charge in [0.2, 0.25) is 5.91 Å². The molecule has 20 heteroatoms. The van der Waals surface area contributed by atoms with Crippen LogP contribution >= 0.6 is 50.5 Å². The van der Waals surface area contributed by atoms with Gasteiger partial charge in [-0.15, -0.1) is 0 Å². The van der Waals surface area contributed by atoms with E-state index in [1.54, 1.807) is 6.92 Å². The van der Waals surface area contributed by atoms with Crippen molar-refractivity contribution in [2.24, 2.45) is 5.73 Å². The maximum Gasteiger partial charge on any atom is 1.00 e. The second kappa shape index (κ2) is 35.2. The van der Waals surface area contributed by atoms with Gasteiger partial charge in [-0.3, -0.25) is 4.79 Å². The summed E-state index contributed by atoms with van der Waals surface area (Å²) in [5.41, 5.74) is 11.7. The Kier molecular flexibility index (Phi) is 51.5. The summed E-state index contributed by atoms with van der Waals surface area (Å²) in [7, 11) is 0. The summed E-state index contributed by atoms with van der Waals surface area (Å²) in [6.45, 7) is 3.45. The van der Waals surface area contributed by atoms with Crippen molar-refractivity contribution in [2.75, 3.05) is 29.6 Å². The van der Waals surface area contributed by atoms with Gasteiger partial charge in [0.1, 0.15) is 6.04 Å². The number of carboxylic acid groups (broad SMARTS) is 3. The van der Waals surface area contributed by atoms with Crippen LogP contribution in [-0.2, 0) is 28.7 Å². The van der Waals surface area contributed by atoms with Crippen LogP contribution < -0.4 is 82.0 Å². The number of quaternary nitrogens is 2. The Bertz CT molecular complexity index is 586. The zero-order valence-electron chi connectivity index (χ0n) is 20.1. The second-order valence-electron chi connectivity index (χ2n) is 5.73. The van der Waals surface area contributed by atoms with Crippen molar-refractivity contribution in [3.63, 3.8) is 0 Å². The largest absolute Gasteiger partial charge is 1.00 e. The Morgan fingerprint density at radius 3 is 1.44 bits per heavy atom. The van der Waals surface area contributed by atoms with Crippen LogP contribution in [0.1, 0.15) is 13.8 Å². The van der Waals surface area contributed by atoms with E-state index in [4.69, 9.17) is 15.9 Å². The predicted octanol–water partition coefficient (Wildman–Crippen LogP) is -13.8. The van der Waals surface area contributed by atoms with Crippen molar-refractivity contribution in [3.8, 4) is 0 Å². The third-order valence-electron chi connectivity index (χ3n) is 2.77. The standard InChI is InChI=1S/C5H9NO3S.C5H11NO2S.2C3H7NO2S.2ClH.Na/c1-3(7)6-4(2-10)5(8)9;1-2-8-5(7)4(6)3-9;2*4-2(1-7)3(5)6;;;/h4,10H,2H2,1H3,(H,6,7)(H,8,9);4,9H,2-3,6H2,1H3;2*2,7H,1,4H2,(H,5,6);2*1H;/q;;;;;;+1/p-1. The molecule has 0 fully saturated rings. The van der Waals surface area contributed by atoms with E-state index in [9.17, 15) is 29.1 Å². The molecular weight excluding hydrogens is 614 g/mol. The summed E-state index contributed by atoms with van der Waals surface area (Å²) in [5, 5.41) is 28.3. The van der Waals surface area contributed by atoms with Gasteiger partial charge >= 0.3 is 47.5 Å². The molecule has 212 valence electrons. The third kappa shape index (κ3) is 38.7. The molecule has 0 saturated heterocycles. The van der Waals surface area contributed by atoms with E-state index >= 15 is 0 Å². The zero-order valence-corrected chi connectivity index (χ0v) is 27.2. The summed E-state index contributed by atoms with van der Waals surface area (Å²) < 4.78 is 4.64. The number of hydrogen-bond donors (Lipinski definition) is 10. The molecule has 0 heterocycles. The minimum atomic E-state index is -1.25. The van der Waals surface area contributed by atoms with Gasteiger partial charge in [-0.05, 0) is 6.92 Å². The average molecular weight is 650 g/mol. The van der Waals surface area contributed by atoms with Crippen molar-refractivity contribution in [1.82, 2.24) is 5.32 Å².